The Labute approximate surface area is 269 Å². The van der Waals surface area contributed by atoms with Crippen molar-refractivity contribution in [2.75, 3.05) is 49.1 Å². The SMILES string of the molecule is CC1(NC(=O)Cc2ccccc2)CCN(c2ccc(-c3cc(-c4ccc(N5CCNCC5)cc4)cn4ncc(C#N)c34)cn2)CC1. The third-order valence-electron chi connectivity index (χ3n) is 9.31. The Kier molecular flexibility index (Phi) is 8.12. The van der Waals surface area contributed by atoms with E-state index in [0.717, 1.165) is 91.3 Å². The maximum absolute atomic E-state index is 12.8. The number of piperazine rings is 1. The molecule has 2 N–H and O–H groups in total. The summed E-state index contributed by atoms with van der Waals surface area (Å²) in [5, 5.41) is 21.1. The highest BCUT2D eigenvalue weighted by molar-refractivity contribution is 5.88. The highest BCUT2D eigenvalue weighted by atomic mass is 16.1. The van der Waals surface area contributed by atoms with E-state index in [0.29, 0.717) is 12.0 Å². The predicted molar refractivity (Wildman–Crippen MR) is 182 cm³/mol. The molecule has 2 fully saturated rings. The molecule has 9 nitrogen and oxygen atoms in total. The van der Waals surface area contributed by atoms with Crippen molar-refractivity contribution in [3.05, 3.63) is 103 Å². The molecule has 9 heteroatoms. The molecular formula is C37H38N8O. The molecule has 5 heterocycles. The van der Waals surface area contributed by atoms with Gasteiger partial charge in [0.1, 0.15) is 11.9 Å². The van der Waals surface area contributed by atoms with E-state index >= 15 is 0 Å². The summed E-state index contributed by atoms with van der Waals surface area (Å²) in [6.07, 6.45) is 7.59. The number of anilines is 2. The van der Waals surface area contributed by atoms with E-state index in [9.17, 15) is 10.1 Å². The van der Waals surface area contributed by atoms with Gasteiger partial charge in [-0.2, -0.15) is 10.4 Å². The first-order valence-electron chi connectivity index (χ1n) is 16.0. The maximum Gasteiger partial charge on any atom is 0.224 e. The predicted octanol–water partition coefficient (Wildman–Crippen LogP) is 5.06. The molecule has 1 amide bonds. The molecule has 2 aliphatic heterocycles. The zero-order valence-corrected chi connectivity index (χ0v) is 26.1. The van der Waals surface area contributed by atoms with E-state index in [-0.39, 0.29) is 11.4 Å². The van der Waals surface area contributed by atoms with Gasteiger partial charge in [0, 0.05) is 79.6 Å². The standard InChI is InChI=1S/C37H38N8O/c1-37(42-35(46)21-27-5-3-2-4-6-27)13-17-44(18-14-37)34-12-9-29(24-40-34)33-22-30(26-45-36(33)31(23-38)25-41-45)28-7-10-32(11-8-28)43-19-15-39-16-20-43/h2-12,22,24-26,39H,13-21H2,1H3,(H,42,46). The number of carbonyl (C=O) groups is 1. The van der Waals surface area contributed by atoms with Crippen LogP contribution in [0, 0.1) is 11.3 Å². The molecule has 46 heavy (non-hydrogen) atoms. The van der Waals surface area contributed by atoms with Crippen molar-refractivity contribution in [3.63, 3.8) is 0 Å². The molecule has 0 spiro atoms. The maximum atomic E-state index is 12.8. The van der Waals surface area contributed by atoms with Gasteiger partial charge in [-0.05, 0) is 61.2 Å². The minimum Gasteiger partial charge on any atom is -0.369 e. The number of pyridine rings is 2. The lowest BCUT2D eigenvalue weighted by Gasteiger charge is -2.40. The number of nitrogens with one attached hydrogen (secondary N) is 2. The number of carbonyl (C=O) groups excluding carboxylic acids is 1. The Morgan fingerprint density at radius 3 is 2.35 bits per heavy atom. The average molecular weight is 611 g/mol. The molecule has 0 radical (unpaired) electrons. The van der Waals surface area contributed by atoms with Crippen LogP contribution in [-0.2, 0) is 11.2 Å². The second kappa shape index (κ2) is 12.7. The first kappa shape index (κ1) is 29.5. The third-order valence-corrected chi connectivity index (χ3v) is 9.31. The van der Waals surface area contributed by atoms with Gasteiger partial charge < -0.3 is 20.4 Å². The minimum atomic E-state index is -0.243. The quantitative estimate of drug-likeness (QED) is 0.266. The normalized spacial score (nSPS) is 16.3. The zero-order chi connectivity index (χ0) is 31.5. The topological polar surface area (TPSA) is 102 Å². The van der Waals surface area contributed by atoms with E-state index in [4.69, 9.17) is 4.98 Å². The lowest BCUT2D eigenvalue weighted by Crippen LogP contribution is -2.53. The van der Waals surface area contributed by atoms with Gasteiger partial charge in [-0.25, -0.2) is 9.50 Å². The molecule has 2 aromatic carbocycles. The van der Waals surface area contributed by atoms with Crippen LogP contribution in [0.1, 0.15) is 30.9 Å². The van der Waals surface area contributed by atoms with Crippen LogP contribution in [0.2, 0.25) is 0 Å². The number of hydrogen-bond acceptors (Lipinski definition) is 7. The first-order chi connectivity index (χ1) is 22.5. The molecule has 0 aliphatic carbocycles. The summed E-state index contributed by atoms with van der Waals surface area (Å²) >= 11 is 0. The van der Waals surface area contributed by atoms with Crippen molar-refractivity contribution >= 4 is 22.9 Å². The molecule has 3 aromatic heterocycles. The average Bonchev–Trinajstić information content (AvgIpc) is 3.52. The number of piperidine rings is 1. The van der Waals surface area contributed by atoms with E-state index in [1.54, 1.807) is 10.7 Å². The van der Waals surface area contributed by atoms with E-state index in [1.165, 1.54) is 5.69 Å². The summed E-state index contributed by atoms with van der Waals surface area (Å²) in [6, 6.07) is 27.1. The van der Waals surface area contributed by atoms with Crippen molar-refractivity contribution < 1.29 is 4.79 Å². The van der Waals surface area contributed by atoms with Crippen LogP contribution in [0.15, 0.2) is 91.4 Å². The van der Waals surface area contributed by atoms with Gasteiger partial charge in [0.15, 0.2) is 0 Å². The Hall–Kier alpha value is -5.20. The van der Waals surface area contributed by atoms with E-state index in [1.807, 2.05) is 42.7 Å². The number of benzene rings is 2. The largest absolute Gasteiger partial charge is 0.369 e. The number of aromatic nitrogens is 3. The Morgan fingerprint density at radius 1 is 0.913 bits per heavy atom. The van der Waals surface area contributed by atoms with Gasteiger partial charge in [0.25, 0.3) is 0 Å². The second-order valence-corrected chi connectivity index (χ2v) is 12.6. The first-order valence-corrected chi connectivity index (χ1v) is 16.0. The van der Waals surface area contributed by atoms with Crippen molar-refractivity contribution in [2.24, 2.45) is 0 Å². The lowest BCUT2D eigenvalue weighted by molar-refractivity contribution is -0.122. The van der Waals surface area contributed by atoms with Gasteiger partial charge in [-0.1, -0.05) is 42.5 Å². The Balaban J connectivity index is 1.08. The fourth-order valence-corrected chi connectivity index (χ4v) is 6.62. The molecule has 0 atom stereocenters. The second-order valence-electron chi connectivity index (χ2n) is 12.6. The highest BCUT2D eigenvalue weighted by Gasteiger charge is 2.32. The zero-order valence-electron chi connectivity index (χ0n) is 26.1. The van der Waals surface area contributed by atoms with Crippen LogP contribution < -0.4 is 20.4 Å². The van der Waals surface area contributed by atoms with Crippen LogP contribution >= 0.6 is 0 Å². The smallest absolute Gasteiger partial charge is 0.224 e. The van der Waals surface area contributed by atoms with Crippen molar-refractivity contribution in [1.82, 2.24) is 25.2 Å². The molecule has 5 aromatic rings. The molecule has 0 unspecified atom stereocenters. The van der Waals surface area contributed by atoms with Crippen LogP contribution in [-0.4, -0.2) is 65.3 Å². The minimum absolute atomic E-state index is 0.0604. The fraction of sp³-hybridized carbons (Fsp3) is 0.297. The Bertz CT molecular complexity index is 1860. The molecular weight excluding hydrogens is 572 g/mol. The van der Waals surface area contributed by atoms with Gasteiger partial charge in [0.05, 0.1) is 23.7 Å². The summed E-state index contributed by atoms with van der Waals surface area (Å²) in [5.74, 6) is 0.969. The summed E-state index contributed by atoms with van der Waals surface area (Å²) in [4.78, 5) is 22.3. The van der Waals surface area contributed by atoms with Crippen LogP contribution in [0.25, 0.3) is 27.8 Å². The summed E-state index contributed by atoms with van der Waals surface area (Å²) in [7, 11) is 0. The van der Waals surface area contributed by atoms with Crippen LogP contribution in [0.5, 0.6) is 0 Å². The van der Waals surface area contributed by atoms with Gasteiger partial charge >= 0.3 is 0 Å². The Morgan fingerprint density at radius 2 is 1.65 bits per heavy atom. The van der Waals surface area contributed by atoms with Crippen LogP contribution in [0.4, 0.5) is 11.5 Å². The summed E-state index contributed by atoms with van der Waals surface area (Å²) < 4.78 is 1.80. The molecule has 232 valence electrons. The number of nitrogens with zero attached hydrogens (tertiary/aromatic N) is 6. The highest BCUT2D eigenvalue weighted by Crippen LogP contribution is 2.34. The number of amides is 1. The van der Waals surface area contributed by atoms with Gasteiger partial charge in [0.2, 0.25) is 5.91 Å². The molecule has 0 bridgehead atoms. The number of rotatable bonds is 7. The van der Waals surface area contributed by atoms with Crippen LogP contribution in [0.3, 0.4) is 0 Å². The lowest BCUT2D eigenvalue weighted by atomic mass is 9.89. The number of hydrogen-bond donors (Lipinski definition) is 2. The van der Waals surface area contributed by atoms with E-state index in [2.05, 4.69) is 81.0 Å². The summed E-state index contributed by atoms with van der Waals surface area (Å²) in [5.41, 5.74) is 7.28. The van der Waals surface area contributed by atoms with Crippen molar-refractivity contribution in [1.29, 1.82) is 5.26 Å². The van der Waals surface area contributed by atoms with Gasteiger partial charge in [-0.15, -0.1) is 0 Å². The molecule has 7 rings (SSSR count). The van der Waals surface area contributed by atoms with E-state index < -0.39 is 0 Å². The molecule has 2 saturated heterocycles. The molecule has 2 aliphatic rings. The van der Waals surface area contributed by atoms with Gasteiger partial charge in [-0.3, -0.25) is 4.79 Å². The molecule has 0 saturated carbocycles. The third kappa shape index (κ3) is 6.17. The number of nitriles is 1. The monoisotopic (exact) mass is 610 g/mol. The van der Waals surface area contributed by atoms with Crippen molar-refractivity contribution in [2.45, 2.75) is 31.7 Å². The fourth-order valence-electron chi connectivity index (χ4n) is 6.62. The summed E-state index contributed by atoms with van der Waals surface area (Å²) in [6.45, 7) is 7.76. The number of fused-ring (bicyclic) bond motifs is 1. The van der Waals surface area contributed by atoms with Crippen molar-refractivity contribution in [3.8, 4) is 28.3 Å².